The van der Waals surface area contributed by atoms with Crippen LogP contribution in [0, 0.1) is 11.8 Å². The first-order valence-corrected chi connectivity index (χ1v) is 10.5. The van der Waals surface area contributed by atoms with E-state index in [1.54, 1.807) is 0 Å². The van der Waals surface area contributed by atoms with Crippen LogP contribution >= 0.6 is 0 Å². The largest absolute Gasteiger partial charge is 0.480 e. The maximum Gasteiger partial charge on any atom is 0.317 e. The number of rotatable bonds is 8. The van der Waals surface area contributed by atoms with Crippen molar-refractivity contribution in [3.63, 3.8) is 0 Å². The Morgan fingerprint density at radius 1 is 1.15 bits per heavy atom. The average molecular weight is 377 g/mol. The third-order valence-corrected chi connectivity index (χ3v) is 6.80. The lowest BCUT2D eigenvalue weighted by Gasteiger charge is -2.43. The van der Waals surface area contributed by atoms with E-state index in [4.69, 9.17) is 5.11 Å². The van der Waals surface area contributed by atoms with Crippen molar-refractivity contribution < 1.29 is 19.5 Å². The number of carbonyl (C=O) groups is 3. The van der Waals surface area contributed by atoms with E-state index < -0.39 is 5.97 Å². The van der Waals surface area contributed by atoms with Gasteiger partial charge in [0.2, 0.25) is 11.8 Å². The summed E-state index contributed by atoms with van der Waals surface area (Å²) in [6, 6.07) is 0.719. The zero-order valence-corrected chi connectivity index (χ0v) is 15.9. The molecule has 0 spiro atoms. The molecule has 0 radical (unpaired) electrons. The first kappa shape index (κ1) is 18.7. The Morgan fingerprint density at radius 2 is 1.85 bits per heavy atom. The molecule has 1 unspecified atom stereocenters. The predicted octanol–water partition coefficient (Wildman–Crippen LogP) is 1.22. The summed E-state index contributed by atoms with van der Waals surface area (Å²) in [5, 5.41) is 12.2. The summed E-state index contributed by atoms with van der Waals surface area (Å²) in [4.78, 5) is 40.0. The van der Waals surface area contributed by atoms with Crippen molar-refractivity contribution >= 4 is 17.8 Å². The van der Waals surface area contributed by atoms with E-state index in [0.29, 0.717) is 24.9 Å². The zero-order valence-electron chi connectivity index (χ0n) is 15.9. The Hall–Kier alpha value is -1.63. The highest BCUT2D eigenvalue weighted by atomic mass is 16.4. The van der Waals surface area contributed by atoms with E-state index in [0.717, 1.165) is 32.2 Å². The van der Waals surface area contributed by atoms with Gasteiger partial charge in [0, 0.05) is 37.6 Å². The summed E-state index contributed by atoms with van der Waals surface area (Å²) in [5.74, 6) is -0.215. The standard InChI is InChI=1S/C20H31N3O4/c24-18-7-14(11-23(18)16-3-1-2-4-16)20(27)21-15-8-17(9-15)22(12-19(25)26)10-13-5-6-13/h13-17H,1-12H2,(H,21,27)(H,25,26). The van der Waals surface area contributed by atoms with Gasteiger partial charge in [-0.1, -0.05) is 12.8 Å². The van der Waals surface area contributed by atoms with Crippen molar-refractivity contribution in [1.29, 1.82) is 0 Å². The third kappa shape index (κ3) is 4.45. The van der Waals surface area contributed by atoms with Crippen LogP contribution in [0.1, 0.15) is 57.8 Å². The molecule has 0 bridgehead atoms. The second-order valence-corrected chi connectivity index (χ2v) is 8.98. The van der Waals surface area contributed by atoms with Gasteiger partial charge >= 0.3 is 5.97 Å². The van der Waals surface area contributed by atoms with Gasteiger partial charge in [0.25, 0.3) is 0 Å². The number of amides is 2. The van der Waals surface area contributed by atoms with Crippen LogP contribution in [-0.4, -0.2) is 70.4 Å². The second kappa shape index (κ2) is 7.78. The molecule has 4 rings (SSSR count). The molecule has 1 saturated heterocycles. The molecule has 1 heterocycles. The topological polar surface area (TPSA) is 90.0 Å². The molecule has 7 heteroatoms. The number of nitrogens with zero attached hydrogens (tertiary/aromatic N) is 2. The normalized spacial score (nSPS) is 31.4. The summed E-state index contributed by atoms with van der Waals surface area (Å²) in [5.41, 5.74) is 0. The highest BCUT2D eigenvalue weighted by molar-refractivity contribution is 5.89. The molecule has 4 aliphatic rings. The van der Waals surface area contributed by atoms with Crippen LogP contribution in [0.4, 0.5) is 0 Å². The van der Waals surface area contributed by atoms with Crippen LogP contribution in [0.25, 0.3) is 0 Å². The molecule has 150 valence electrons. The van der Waals surface area contributed by atoms with Crippen LogP contribution < -0.4 is 5.32 Å². The van der Waals surface area contributed by atoms with E-state index in [9.17, 15) is 14.4 Å². The Balaban J connectivity index is 1.22. The third-order valence-electron chi connectivity index (χ3n) is 6.80. The minimum Gasteiger partial charge on any atom is -0.480 e. The minimum atomic E-state index is -0.778. The number of carbonyl (C=O) groups excluding carboxylic acids is 2. The summed E-state index contributed by atoms with van der Waals surface area (Å²) < 4.78 is 0. The van der Waals surface area contributed by atoms with Crippen LogP contribution in [0.5, 0.6) is 0 Å². The molecule has 4 fully saturated rings. The Labute approximate surface area is 160 Å². The smallest absolute Gasteiger partial charge is 0.317 e. The predicted molar refractivity (Wildman–Crippen MR) is 99.0 cm³/mol. The van der Waals surface area contributed by atoms with Crippen molar-refractivity contribution in [3.8, 4) is 0 Å². The molecule has 0 aromatic rings. The van der Waals surface area contributed by atoms with Gasteiger partial charge in [-0.05, 0) is 44.4 Å². The van der Waals surface area contributed by atoms with Gasteiger partial charge in [0.15, 0.2) is 0 Å². The summed E-state index contributed by atoms with van der Waals surface area (Å²) in [6.07, 6.45) is 8.90. The highest BCUT2D eigenvalue weighted by Gasteiger charge is 2.42. The lowest BCUT2D eigenvalue weighted by atomic mass is 9.84. The van der Waals surface area contributed by atoms with E-state index in [1.165, 1.54) is 25.7 Å². The molecular weight excluding hydrogens is 346 g/mol. The van der Waals surface area contributed by atoms with E-state index in [-0.39, 0.29) is 36.4 Å². The van der Waals surface area contributed by atoms with Gasteiger partial charge in [-0.2, -0.15) is 0 Å². The van der Waals surface area contributed by atoms with Gasteiger partial charge in [0.05, 0.1) is 12.5 Å². The maximum absolute atomic E-state index is 12.6. The van der Waals surface area contributed by atoms with Gasteiger partial charge in [-0.25, -0.2) is 0 Å². The van der Waals surface area contributed by atoms with Crippen LogP contribution in [-0.2, 0) is 14.4 Å². The number of aliphatic carboxylic acids is 1. The Bertz CT molecular complexity index is 594. The van der Waals surface area contributed by atoms with Crippen molar-refractivity contribution in [1.82, 2.24) is 15.1 Å². The van der Waals surface area contributed by atoms with Crippen LogP contribution in [0.15, 0.2) is 0 Å². The van der Waals surface area contributed by atoms with Crippen molar-refractivity contribution in [2.45, 2.75) is 75.9 Å². The van der Waals surface area contributed by atoms with Crippen molar-refractivity contribution in [2.24, 2.45) is 11.8 Å². The SMILES string of the molecule is O=C(O)CN(CC1CC1)C1CC(NC(=O)C2CC(=O)N(C3CCCC3)C2)C1. The quantitative estimate of drug-likeness (QED) is 0.664. The molecule has 27 heavy (non-hydrogen) atoms. The second-order valence-electron chi connectivity index (χ2n) is 8.98. The van der Waals surface area contributed by atoms with Gasteiger partial charge < -0.3 is 15.3 Å². The van der Waals surface area contributed by atoms with Gasteiger partial charge in [0.1, 0.15) is 0 Å². The molecule has 0 aromatic heterocycles. The molecular formula is C20H31N3O4. The van der Waals surface area contributed by atoms with E-state index in [1.807, 2.05) is 4.90 Å². The van der Waals surface area contributed by atoms with E-state index >= 15 is 0 Å². The zero-order chi connectivity index (χ0) is 19.0. The summed E-state index contributed by atoms with van der Waals surface area (Å²) in [7, 11) is 0. The highest BCUT2D eigenvalue weighted by Crippen LogP contribution is 2.34. The van der Waals surface area contributed by atoms with Crippen molar-refractivity contribution in [3.05, 3.63) is 0 Å². The van der Waals surface area contributed by atoms with Crippen molar-refractivity contribution in [2.75, 3.05) is 19.6 Å². The summed E-state index contributed by atoms with van der Waals surface area (Å²) in [6.45, 7) is 1.53. The first-order chi connectivity index (χ1) is 13.0. The molecule has 1 atom stereocenters. The number of carboxylic acid groups (broad SMARTS) is 1. The fourth-order valence-electron chi connectivity index (χ4n) is 4.95. The number of likely N-dealkylation sites (tertiary alicyclic amines) is 1. The Morgan fingerprint density at radius 3 is 2.48 bits per heavy atom. The monoisotopic (exact) mass is 377 g/mol. The summed E-state index contributed by atoms with van der Waals surface area (Å²) >= 11 is 0. The number of carboxylic acids is 1. The fraction of sp³-hybridized carbons (Fsp3) is 0.850. The Kier molecular flexibility index (Phi) is 5.39. The minimum absolute atomic E-state index is 0.000672. The van der Waals surface area contributed by atoms with Crippen LogP contribution in [0.3, 0.4) is 0 Å². The van der Waals surface area contributed by atoms with Crippen LogP contribution in [0.2, 0.25) is 0 Å². The molecule has 1 aliphatic heterocycles. The molecule has 7 nitrogen and oxygen atoms in total. The van der Waals surface area contributed by atoms with Gasteiger partial charge in [-0.15, -0.1) is 0 Å². The van der Waals surface area contributed by atoms with E-state index in [2.05, 4.69) is 10.2 Å². The fourth-order valence-corrected chi connectivity index (χ4v) is 4.95. The molecule has 2 N–H and O–H groups in total. The molecule has 2 amide bonds. The maximum atomic E-state index is 12.6. The first-order valence-electron chi connectivity index (χ1n) is 10.5. The number of hydrogen-bond acceptors (Lipinski definition) is 4. The lowest BCUT2D eigenvalue weighted by molar-refractivity contribution is -0.140. The van der Waals surface area contributed by atoms with Gasteiger partial charge in [-0.3, -0.25) is 19.3 Å². The molecule has 3 aliphatic carbocycles. The molecule has 0 aromatic carbocycles. The average Bonchev–Trinajstić information content (AvgIpc) is 3.06. The number of nitrogens with one attached hydrogen (secondary N) is 1. The number of hydrogen-bond donors (Lipinski definition) is 2. The molecule has 3 saturated carbocycles. The lowest BCUT2D eigenvalue weighted by Crippen LogP contribution is -2.56.